The van der Waals surface area contributed by atoms with Crippen LogP contribution in [-0.4, -0.2) is 18.2 Å². The zero-order valence-corrected chi connectivity index (χ0v) is 15.6. The molecule has 0 aliphatic heterocycles. The van der Waals surface area contributed by atoms with Gasteiger partial charge in [-0.15, -0.1) is 0 Å². The molecule has 0 fully saturated rings. The average molecular weight is 381 g/mol. The summed E-state index contributed by atoms with van der Waals surface area (Å²) in [5, 5.41) is 4.99. The number of nitrogens with zero attached hydrogens (tertiary/aromatic N) is 1. The van der Waals surface area contributed by atoms with Gasteiger partial charge in [-0.25, -0.2) is 4.39 Å². The second-order valence-corrected chi connectivity index (χ2v) is 6.76. The van der Waals surface area contributed by atoms with Crippen molar-refractivity contribution in [2.75, 3.05) is 13.6 Å². The van der Waals surface area contributed by atoms with Crippen LogP contribution < -0.4 is 10.1 Å². The number of ether oxygens (including phenoxy) is 1. The molecule has 2 aromatic carbocycles. The SMILES string of the molecule is CNCCc1cn(C)c2ccc(F)c(OCc3ccc(Cl)cc3Cl)c12. The molecule has 0 unspecified atom stereocenters. The molecule has 0 saturated heterocycles. The third-order valence-electron chi connectivity index (χ3n) is 4.17. The van der Waals surface area contributed by atoms with Gasteiger partial charge < -0.3 is 14.6 Å². The Morgan fingerprint density at radius 2 is 1.96 bits per heavy atom. The van der Waals surface area contributed by atoms with E-state index in [9.17, 15) is 4.39 Å². The zero-order chi connectivity index (χ0) is 18.0. The van der Waals surface area contributed by atoms with Crippen molar-refractivity contribution < 1.29 is 9.13 Å². The Bertz CT molecular complexity index is 908. The molecule has 0 radical (unpaired) electrons. The molecule has 3 rings (SSSR count). The van der Waals surface area contributed by atoms with Gasteiger partial charge in [-0.2, -0.15) is 0 Å². The Morgan fingerprint density at radius 3 is 2.68 bits per heavy atom. The van der Waals surface area contributed by atoms with E-state index >= 15 is 0 Å². The summed E-state index contributed by atoms with van der Waals surface area (Å²) in [6.45, 7) is 0.977. The number of aryl methyl sites for hydroxylation is 1. The van der Waals surface area contributed by atoms with E-state index < -0.39 is 0 Å². The molecule has 0 spiro atoms. The van der Waals surface area contributed by atoms with E-state index in [0.717, 1.165) is 35.0 Å². The van der Waals surface area contributed by atoms with Gasteiger partial charge >= 0.3 is 0 Å². The molecular formula is C19H19Cl2FN2O. The lowest BCUT2D eigenvalue weighted by Gasteiger charge is -2.12. The van der Waals surface area contributed by atoms with Crippen molar-refractivity contribution in [3.8, 4) is 5.75 Å². The summed E-state index contributed by atoms with van der Waals surface area (Å²) in [5.74, 6) is -0.121. The first-order valence-corrected chi connectivity index (χ1v) is 8.74. The van der Waals surface area contributed by atoms with Crippen LogP contribution in [0.3, 0.4) is 0 Å². The molecule has 25 heavy (non-hydrogen) atoms. The van der Waals surface area contributed by atoms with Gasteiger partial charge in [0.1, 0.15) is 6.61 Å². The number of nitrogens with one attached hydrogen (secondary N) is 1. The molecule has 0 atom stereocenters. The van der Waals surface area contributed by atoms with Crippen LogP contribution in [0, 0.1) is 5.82 Å². The molecule has 0 bridgehead atoms. The van der Waals surface area contributed by atoms with Gasteiger partial charge in [0.25, 0.3) is 0 Å². The smallest absolute Gasteiger partial charge is 0.165 e. The van der Waals surface area contributed by atoms with Crippen molar-refractivity contribution in [2.24, 2.45) is 7.05 Å². The van der Waals surface area contributed by atoms with Crippen molar-refractivity contribution in [2.45, 2.75) is 13.0 Å². The van der Waals surface area contributed by atoms with Crippen molar-refractivity contribution in [3.05, 3.63) is 63.5 Å². The van der Waals surface area contributed by atoms with Crippen LogP contribution in [0.25, 0.3) is 10.9 Å². The number of hydrogen-bond donors (Lipinski definition) is 1. The molecule has 1 heterocycles. The van der Waals surface area contributed by atoms with E-state index in [4.69, 9.17) is 27.9 Å². The van der Waals surface area contributed by atoms with E-state index in [-0.39, 0.29) is 18.2 Å². The Labute approximate surface area is 156 Å². The molecular weight excluding hydrogens is 362 g/mol. The fourth-order valence-corrected chi connectivity index (χ4v) is 3.36. The predicted molar refractivity (Wildman–Crippen MR) is 101 cm³/mol. The third kappa shape index (κ3) is 3.76. The number of aromatic nitrogens is 1. The predicted octanol–water partition coefficient (Wildman–Crippen LogP) is 4.97. The summed E-state index contributed by atoms with van der Waals surface area (Å²) < 4.78 is 22.3. The number of rotatable bonds is 6. The Hall–Kier alpha value is -1.75. The van der Waals surface area contributed by atoms with Crippen molar-refractivity contribution in [3.63, 3.8) is 0 Å². The molecule has 0 saturated carbocycles. The third-order valence-corrected chi connectivity index (χ3v) is 4.76. The molecule has 3 nitrogen and oxygen atoms in total. The summed E-state index contributed by atoms with van der Waals surface area (Å²) in [7, 11) is 3.84. The topological polar surface area (TPSA) is 26.2 Å². The lowest BCUT2D eigenvalue weighted by molar-refractivity contribution is 0.294. The maximum atomic E-state index is 14.5. The van der Waals surface area contributed by atoms with Crippen molar-refractivity contribution in [1.29, 1.82) is 0 Å². The second kappa shape index (κ2) is 7.65. The number of halogens is 3. The number of benzene rings is 2. The van der Waals surface area contributed by atoms with Crippen LogP contribution in [0.1, 0.15) is 11.1 Å². The van der Waals surface area contributed by atoms with Gasteiger partial charge in [-0.05, 0) is 49.8 Å². The van der Waals surface area contributed by atoms with Crippen LogP contribution >= 0.6 is 23.2 Å². The van der Waals surface area contributed by atoms with Crippen molar-refractivity contribution in [1.82, 2.24) is 9.88 Å². The van der Waals surface area contributed by atoms with E-state index in [1.807, 2.05) is 24.9 Å². The molecule has 0 aliphatic rings. The zero-order valence-electron chi connectivity index (χ0n) is 14.1. The van der Waals surface area contributed by atoms with Crippen LogP contribution in [0.2, 0.25) is 10.0 Å². The van der Waals surface area contributed by atoms with Crippen LogP contribution in [0.4, 0.5) is 4.39 Å². The summed E-state index contributed by atoms with van der Waals surface area (Å²) in [4.78, 5) is 0. The normalized spacial score (nSPS) is 11.2. The van der Waals surface area contributed by atoms with E-state index in [0.29, 0.717) is 10.0 Å². The van der Waals surface area contributed by atoms with Gasteiger partial charge in [0.15, 0.2) is 11.6 Å². The van der Waals surface area contributed by atoms with Gasteiger partial charge in [-0.1, -0.05) is 29.3 Å². The molecule has 0 aliphatic carbocycles. The Kier molecular flexibility index (Phi) is 5.52. The van der Waals surface area contributed by atoms with Gasteiger partial charge in [0.05, 0.1) is 5.52 Å². The summed E-state index contributed by atoms with van der Waals surface area (Å²) in [5.41, 5.74) is 2.74. The Balaban J connectivity index is 1.98. The molecule has 6 heteroatoms. The lowest BCUT2D eigenvalue weighted by atomic mass is 10.1. The Morgan fingerprint density at radius 1 is 1.16 bits per heavy atom. The number of likely N-dealkylation sites (N-methyl/N-ethyl adjacent to an activating group) is 1. The van der Waals surface area contributed by atoms with Crippen LogP contribution in [0.5, 0.6) is 5.75 Å². The minimum absolute atomic E-state index is 0.173. The van der Waals surface area contributed by atoms with Gasteiger partial charge in [0, 0.05) is 34.2 Å². The summed E-state index contributed by atoms with van der Waals surface area (Å²) in [6.07, 6.45) is 2.80. The van der Waals surface area contributed by atoms with Crippen LogP contribution in [0.15, 0.2) is 36.5 Å². The lowest BCUT2D eigenvalue weighted by Crippen LogP contribution is -2.10. The van der Waals surface area contributed by atoms with E-state index in [1.54, 1.807) is 24.3 Å². The van der Waals surface area contributed by atoms with Gasteiger partial charge in [0.2, 0.25) is 0 Å². The first-order valence-electron chi connectivity index (χ1n) is 7.99. The maximum absolute atomic E-state index is 14.5. The fraction of sp³-hybridized carbons (Fsp3) is 0.263. The monoisotopic (exact) mass is 380 g/mol. The van der Waals surface area contributed by atoms with Gasteiger partial charge in [-0.3, -0.25) is 0 Å². The van der Waals surface area contributed by atoms with Crippen molar-refractivity contribution >= 4 is 34.1 Å². The molecule has 1 aromatic heterocycles. The fourth-order valence-electron chi connectivity index (χ4n) is 2.90. The highest BCUT2D eigenvalue weighted by molar-refractivity contribution is 6.35. The highest BCUT2D eigenvalue weighted by Gasteiger charge is 2.17. The molecule has 3 aromatic rings. The maximum Gasteiger partial charge on any atom is 0.165 e. The second-order valence-electron chi connectivity index (χ2n) is 5.91. The standard InChI is InChI=1S/C19H19Cl2FN2O/c1-23-8-7-12-10-24(2)17-6-5-16(22)19(18(12)17)25-11-13-3-4-14(20)9-15(13)21/h3-6,9-10,23H,7-8,11H2,1-2H3. The molecule has 1 N–H and O–H groups in total. The quantitative estimate of drug-likeness (QED) is 0.653. The highest BCUT2D eigenvalue weighted by Crippen LogP contribution is 2.34. The first kappa shape index (κ1) is 18.1. The largest absolute Gasteiger partial charge is 0.485 e. The van der Waals surface area contributed by atoms with E-state index in [1.165, 1.54) is 6.07 Å². The van der Waals surface area contributed by atoms with Crippen LogP contribution in [-0.2, 0) is 20.1 Å². The summed E-state index contributed by atoms with van der Waals surface area (Å²) >= 11 is 12.1. The minimum Gasteiger partial charge on any atom is -0.485 e. The molecule has 0 amide bonds. The summed E-state index contributed by atoms with van der Waals surface area (Å²) in [6, 6.07) is 8.39. The number of fused-ring (bicyclic) bond motifs is 1. The van der Waals surface area contributed by atoms with E-state index in [2.05, 4.69) is 5.32 Å². The minimum atomic E-state index is -0.380. The highest BCUT2D eigenvalue weighted by atomic mass is 35.5. The molecule has 132 valence electrons. The number of hydrogen-bond acceptors (Lipinski definition) is 2. The first-order chi connectivity index (χ1) is 12.0. The average Bonchev–Trinajstić information content (AvgIpc) is 2.89.